The molecule has 0 aromatic carbocycles. The Balaban J connectivity index is 0.00000576. The summed E-state index contributed by atoms with van der Waals surface area (Å²) in [6.07, 6.45) is 23.8. The van der Waals surface area contributed by atoms with E-state index in [1.807, 2.05) is 30.6 Å². The smallest absolute Gasteiger partial charge is 0.252 e. The van der Waals surface area contributed by atoms with Crippen molar-refractivity contribution in [2.75, 3.05) is 6.61 Å². The van der Waals surface area contributed by atoms with Gasteiger partial charge in [-0.2, -0.15) is 4.57 Å². The summed E-state index contributed by atoms with van der Waals surface area (Å²) in [6.45, 7) is 3.86. The normalized spacial score (nSPS) is 10.6. The molecule has 0 aliphatic heterocycles. The molecule has 0 unspecified atom stereocenters. The second kappa shape index (κ2) is 19.7. The van der Waals surface area contributed by atoms with E-state index in [1.165, 1.54) is 89.9 Å². The molecule has 0 saturated heterocycles. The van der Waals surface area contributed by atoms with Crippen LogP contribution in [0.15, 0.2) is 30.6 Å². The molecule has 1 heterocycles. The minimum atomic E-state index is 0. The molecule has 1 rings (SSSR count). The Hall–Kier alpha value is -0.600. The summed E-state index contributed by atoms with van der Waals surface area (Å²) >= 11 is 0. The quantitative estimate of drug-likeness (QED) is 0.303. The van der Waals surface area contributed by atoms with Crippen LogP contribution in [0.5, 0.6) is 0 Å². The van der Waals surface area contributed by atoms with E-state index in [4.69, 9.17) is 4.74 Å². The van der Waals surface area contributed by atoms with Crippen molar-refractivity contribution in [3.8, 4) is 0 Å². The van der Waals surface area contributed by atoms with Crippen LogP contribution in [0, 0.1) is 0 Å². The lowest BCUT2D eigenvalue weighted by molar-refractivity contribution is -0.732. The molecule has 146 valence electrons. The SMILES string of the molecule is CCCCCCCCCCCCCCCCOC[n+]1ccccc1.[Cl-]. The van der Waals surface area contributed by atoms with Crippen LogP contribution >= 0.6 is 0 Å². The molecule has 2 nitrogen and oxygen atoms in total. The fourth-order valence-electron chi connectivity index (χ4n) is 3.09. The second-order valence-electron chi connectivity index (χ2n) is 7.02. The minimum Gasteiger partial charge on any atom is -1.00 e. The lowest BCUT2D eigenvalue weighted by atomic mass is 10.0. The maximum Gasteiger partial charge on any atom is 0.252 e. The van der Waals surface area contributed by atoms with Gasteiger partial charge in [-0.1, -0.05) is 96.5 Å². The summed E-state index contributed by atoms with van der Waals surface area (Å²) in [5.41, 5.74) is 0. The van der Waals surface area contributed by atoms with Gasteiger partial charge in [0.2, 0.25) is 0 Å². The number of aromatic nitrogens is 1. The van der Waals surface area contributed by atoms with Gasteiger partial charge in [0.05, 0.1) is 6.61 Å². The highest BCUT2D eigenvalue weighted by Gasteiger charge is 1.97. The number of nitrogens with zero attached hydrogens (tertiary/aromatic N) is 1. The van der Waals surface area contributed by atoms with Gasteiger partial charge in [-0.3, -0.25) is 0 Å². The van der Waals surface area contributed by atoms with Gasteiger partial charge in [0.15, 0.2) is 12.4 Å². The molecule has 0 aliphatic carbocycles. The van der Waals surface area contributed by atoms with Gasteiger partial charge in [-0.05, 0) is 6.42 Å². The highest BCUT2D eigenvalue weighted by molar-refractivity contribution is 4.83. The second-order valence-corrected chi connectivity index (χ2v) is 7.02. The molecule has 0 spiro atoms. The van der Waals surface area contributed by atoms with Crippen molar-refractivity contribution in [3.05, 3.63) is 30.6 Å². The Bertz CT molecular complexity index is 358. The fraction of sp³-hybridized carbons (Fsp3) is 0.773. The third-order valence-corrected chi connectivity index (χ3v) is 4.66. The first-order valence-corrected chi connectivity index (χ1v) is 10.5. The zero-order valence-electron chi connectivity index (χ0n) is 16.4. The summed E-state index contributed by atoms with van der Waals surface area (Å²) in [6, 6.07) is 6.11. The van der Waals surface area contributed by atoms with Gasteiger partial charge in [0.25, 0.3) is 6.73 Å². The Morgan fingerprint density at radius 1 is 0.600 bits per heavy atom. The number of pyridine rings is 1. The standard InChI is InChI=1S/C22H40NO.ClH/c1-2-3-4-5-6-7-8-9-10-11-12-13-14-18-21-24-22-23-19-16-15-17-20-23;/h15-17,19-20H,2-14,18,21-22H2,1H3;1H/q+1;/p-1. The lowest BCUT2D eigenvalue weighted by Gasteiger charge is -2.03. The first kappa shape index (κ1) is 24.4. The van der Waals surface area contributed by atoms with E-state index < -0.39 is 0 Å². The van der Waals surface area contributed by atoms with Crippen LogP contribution < -0.4 is 17.0 Å². The first-order valence-electron chi connectivity index (χ1n) is 10.5. The molecular formula is C22H40ClNO. The predicted octanol–water partition coefficient (Wildman–Crippen LogP) is 3.43. The summed E-state index contributed by atoms with van der Waals surface area (Å²) in [5.74, 6) is 0. The molecule has 0 atom stereocenters. The van der Waals surface area contributed by atoms with Crippen LogP contribution in [-0.2, 0) is 11.5 Å². The maximum atomic E-state index is 5.69. The van der Waals surface area contributed by atoms with Crippen LogP contribution in [0.2, 0.25) is 0 Å². The summed E-state index contributed by atoms with van der Waals surface area (Å²) < 4.78 is 7.76. The molecule has 1 aromatic rings. The van der Waals surface area contributed by atoms with Crippen molar-refractivity contribution in [3.63, 3.8) is 0 Å². The van der Waals surface area contributed by atoms with Crippen LogP contribution in [0.1, 0.15) is 96.8 Å². The van der Waals surface area contributed by atoms with E-state index >= 15 is 0 Å². The molecule has 0 aliphatic rings. The predicted molar refractivity (Wildman–Crippen MR) is 103 cm³/mol. The zero-order chi connectivity index (χ0) is 17.1. The summed E-state index contributed by atoms with van der Waals surface area (Å²) in [5, 5.41) is 0. The lowest BCUT2D eigenvalue weighted by Crippen LogP contribution is -3.00. The van der Waals surface area contributed by atoms with E-state index in [0.29, 0.717) is 6.73 Å². The van der Waals surface area contributed by atoms with E-state index in [-0.39, 0.29) is 12.4 Å². The molecule has 25 heavy (non-hydrogen) atoms. The molecule has 0 bridgehead atoms. The highest BCUT2D eigenvalue weighted by Crippen LogP contribution is 2.12. The molecule has 0 fully saturated rings. The summed E-state index contributed by atoms with van der Waals surface area (Å²) in [7, 11) is 0. The van der Waals surface area contributed by atoms with Gasteiger partial charge < -0.3 is 17.1 Å². The molecular weight excluding hydrogens is 330 g/mol. The minimum absolute atomic E-state index is 0. The van der Waals surface area contributed by atoms with Gasteiger partial charge in [0.1, 0.15) is 0 Å². The largest absolute Gasteiger partial charge is 1.00 e. The third kappa shape index (κ3) is 16.6. The number of rotatable bonds is 17. The van der Waals surface area contributed by atoms with Gasteiger partial charge in [0, 0.05) is 12.1 Å². The third-order valence-electron chi connectivity index (χ3n) is 4.66. The molecule has 3 heteroatoms. The Morgan fingerprint density at radius 3 is 1.52 bits per heavy atom. The Labute approximate surface area is 162 Å². The van der Waals surface area contributed by atoms with Gasteiger partial charge in [-0.25, -0.2) is 0 Å². The van der Waals surface area contributed by atoms with E-state index in [0.717, 1.165) is 6.61 Å². The average Bonchev–Trinajstić information content (AvgIpc) is 2.62. The van der Waals surface area contributed by atoms with Crippen LogP contribution in [-0.4, -0.2) is 6.61 Å². The van der Waals surface area contributed by atoms with Crippen LogP contribution in [0.3, 0.4) is 0 Å². The maximum absolute atomic E-state index is 5.69. The van der Waals surface area contributed by atoms with Crippen molar-refractivity contribution in [2.24, 2.45) is 0 Å². The molecule has 0 radical (unpaired) electrons. The van der Waals surface area contributed by atoms with Crippen molar-refractivity contribution in [2.45, 2.75) is 104 Å². The molecule has 0 amide bonds. The van der Waals surface area contributed by atoms with Gasteiger partial charge in [-0.15, -0.1) is 0 Å². The molecule has 0 N–H and O–H groups in total. The highest BCUT2D eigenvalue weighted by atomic mass is 35.5. The van der Waals surface area contributed by atoms with E-state index in [2.05, 4.69) is 11.5 Å². The number of halogens is 1. The number of hydrogen-bond donors (Lipinski definition) is 0. The number of hydrogen-bond acceptors (Lipinski definition) is 1. The Morgan fingerprint density at radius 2 is 1.04 bits per heavy atom. The topological polar surface area (TPSA) is 13.1 Å². The van der Waals surface area contributed by atoms with E-state index in [1.54, 1.807) is 0 Å². The van der Waals surface area contributed by atoms with Crippen molar-refractivity contribution < 1.29 is 21.7 Å². The van der Waals surface area contributed by atoms with Crippen molar-refractivity contribution in [1.29, 1.82) is 0 Å². The molecule has 1 aromatic heterocycles. The fourth-order valence-corrected chi connectivity index (χ4v) is 3.09. The zero-order valence-corrected chi connectivity index (χ0v) is 17.2. The van der Waals surface area contributed by atoms with Crippen LogP contribution in [0.25, 0.3) is 0 Å². The molecule has 0 saturated carbocycles. The number of ether oxygens (including phenoxy) is 1. The van der Waals surface area contributed by atoms with E-state index in [9.17, 15) is 0 Å². The first-order chi connectivity index (χ1) is 11.9. The van der Waals surface area contributed by atoms with Gasteiger partial charge >= 0.3 is 0 Å². The van der Waals surface area contributed by atoms with Crippen molar-refractivity contribution >= 4 is 0 Å². The van der Waals surface area contributed by atoms with Crippen molar-refractivity contribution in [1.82, 2.24) is 0 Å². The number of unbranched alkanes of at least 4 members (excludes halogenated alkanes) is 13. The van der Waals surface area contributed by atoms with Crippen LogP contribution in [0.4, 0.5) is 0 Å². The monoisotopic (exact) mass is 369 g/mol. The average molecular weight is 370 g/mol. The Kier molecular flexibility index (Phi) is 19.2. The summed E-state index contributed by atoms with van der Waals surface area (Å²) in [4.78, 5) is 0.